The lowest BCUT2D eigenvalue weighted by Crippen LogP contribution is -2.12. The molecule has 80 valence electrons. The third-order valence-corrected chi connectivity index (χ3v) is 2.90. The number of thioether (sulfide) groups is 1. The highest BCUT2D eigenvalue weighted by Gasteiger charge is 2.10. The van der Waals surface area contributed by atoms with E-state index < -0.39 is 0 Å². The second kappa shape index (κ2) is 4.63. The summed E-state index contributed by atoms with van der Waals surface area (Å²) in [7, 11) is 0. The highest BCUT2D eigenvalue weighted by atomic mass is 32.2. The van der Waals surface area contributed by atoms with Crippen LogP contribution in [0.15, 0.2) is 18.3 Å². The van der Waals surface area contributed by atoms with Crippen molar-refractivity contribution >= 4 is 22.9 Å². The number of fused-ring (bicyclic) bond motifs is 1. The van der Waals surface area contributed by atoms with Crippen molar-refractivity contribution in [1.29, 1.82) is 0 Å². The van der Waals surface area contributed by atoms with Gasteiger partial charge in [0.25, 0.3) is 0 Å². The van der Waals surface area contributed by atoms with E-state index in [0.717, 1.165) is 29.2 Å². The Balaban J connectivity index is 2.20. The van der Waals surface area contributed by atoms with E-state index in [4.69, 9.17) is 5.73 Å². The quantitative estimate of drug-likeness (QED) is 0.826. The molecule has 5 heteroatoms. The van der Waals surface area contributed by atoms with Crippen LogP contribution in [0, 0.1) is 0 Å². The zero-order valence-corrected chi connectivity index (χ0v) is 9.42. The molecule has 2 rings (SSSR count). The van der Waals surface area contributed by atoms with Crippen molar-refractivity contribution < 1.29 is 0 Å². The maximum atomic E-state index is 6.01. The molecular formula is C10H14N4S. The first-order chi connectivity index (χ1) is 7.31. The fourth-order valence-electron chi connectivity index (χ4n) is 1.42. The molecule has 2 aromatic heterocycles. The van der Waals surface area contributed by atoms with Crippen LogP contribution in [0.4, 0.5) is 0 Å². The van der Waals surface area contributed by atoms with Crippen LogP contribution in [0.2, 0.25) is 0 Å². The molecule has 2 aromatic rings. The van der Waals surface area contributed by atoms with Gasteiger partial charge in [-0.15, -0.1) is 0 Å². The van der Waals surface area contributed by atoms with Gasteiger partial charge in [-0.2, -0.15) is 11.8 Å². The van der Waals surface area contributed by atoms with Crippen molar-refractivity contribution in [3.05, 3.63) is 24.2 Å². The number of nitrogens with two attached hydrogens (primary N) is 1. The molecule has 1 atom stereocenters. The minimum atomic E-state index is -0.0216. The van der Waals surface area contributed by atoms with Crippen LogP contribution in [-0.4, -0.2) is 27.0 Å². The minimum Gasteiger partial charge on any atom is -0.339 e. The molecule has 0 aliphatic rings. The largest absolute Gasteiger partial charge is 0.339 e. The predicted octanol–water partition coefficient (Wildman–Crippen LogP) is 1.71. The van der Waals surface area contributed by atoms with E-state index >= 15 is 0 Å². The van der Waals surface area contributed by atoms with Crippen LogP contribution >= 0.6 is 11.8 Å². The Morgan fingerprint density at radius 2 is 2.47 bits per heavy atom. The molecule has 0 unspecified atom stereocenters. The van der Waals surface area contributed by atoms with Crippen molar-refractivity contribution in [2.24, 2.45) is 5.73 Å². The Kier molecular flexibility index (Phi) is 3.23. The van der Waals surface area contributed by atoms with Crippen molar-refractivity contribution in [3.63, 3.8) is 0 Å². The molecular weight excluding hydrogens is 208 g/mol. The fourth-order valence-corrected chi connectivity index (χ4v) is 1.91. The number of rotatable bonds is 4. The molecule has 4 nitrogen and oxygen atoms in total. The van der Waals surface area contributed by atoms with Gasteiger partial charge in [0.05, 0.1) is 11.6 Å². The molecule has 0 amide bonds. The monoisotopic (exact) mass is 222 g/mol. The zero-order valence-electron chi connectivity index (χ0n) is 8.60. The number of nitrogens with one attached hydrogen (secondary N) is 1. The molecule has 15 heavy (non-hydrogen) atoms. The van der Waals surface area contributed by atoms with Crippen molar-refractivity contribution in [1.82, 2.24) is 15.0 Å². The van der Waals surface area contributed by atoms with Crippen LogP contribution in [0.3, 0.4) is 0 Å². The number of hydrogen-bond acceptors (Lipinski definition) is 4. The van der Waals surface area contributed by atoms with Crippen LogP contribution in [0.25, 0.3) is 11.2 Å². The van der Waals surface area contributed by atoms with Crippen LogP contribution < -0.4 is 5.73 Å². The summed E-state index contributed by atoms with van der Waals surface area (Å²) in [6.07, 6.45) is 4.74. The van der Waals surface area contributed by atoms with Crippen LogP contribution in [-0.2, 0) is 0 Å². The molecule has 0 radical (unpaired) electrons. The molecule has 0 bridgehead atoms. The van der Waals surface area contributed by atoms with Gasteiger partial charge in [-0.3, -0.25) is 0 Å². The van der Waals surface area contributed by atoms with Crippen LogP contribution in [0.1, 0.15) is 18.3 Å². The first kappa shape index (κ1) is 10.4. The van der Waals surface area contributed by atoms with Gasteiger partial charge in [-0.25, -0.2) is 9.97 Å². The van der Waals surface area contributed by atoms with E-state index in [9.17, 15) is 0 Å². The molecule has 0 spiro atoms. The third kappa shape index (κ3) is 2.30. The number of hydrogen-bond donors (Lipinski definition) is 2. The summed E-state index contributed by atoms with van der Waals surface area (Å²) in [5.41, 5.74) is 7.70. The van der Waals surface area contributed by atoms with E-state index in [1.165, 1.54) is 0 Å². The van der Waals surface area contributed by atoms with Gasteiger partial charge in [0.2, 0.25) is 0 Å². The van der Waals surface area contributed by atoms with Gasteiger partial charge in [0.1, 0.15) is 5.82 Å². The number of imidazole rings is 1. The summed E-state index contributed by atoms with van der Waals surface area (Å²) in [5, 5.41) is 0. The molecule has 0 aromatic carbocycles. The molecule has 0 saturated heterocycles. The van der Waals surface area contributed by atoms with Crippen molar-refractivity contribution in [3.8, 4) is 0 Å². The molecule has 0 fully saturated rings. The smallest absolute Gasteiger partial charge is 0.177 e. The Labute approximate surface area is 92.7 Å². The number of H-pyrrole nitrogens is 1. The predicted molar refractivity (Wildman–Crippen MR) is 63.8 cm³/mol. The third-order valence-electron chi connectivity index (χ3n) is 2.26. The first-order valence-electron chi connectivity index (χ1n) is 4.86. The zero-order chi connectivity index (χ0) is 10.7. The molecule has 2 heterocycles. The summed E-state index contributed by atoms with van der Waals surface area (Å²) in [6, 6.07) is 3.82. The van der Waals surface area contributed by atoms with Gasteiger partial charge in [-0.05, 0) is 30.6 Å². The number of aromatic nitrogens is 3. The molecule has 0 aliphatic carbocycles. The summed E-state index contributed by atoms with van der Waals surface area (Å²) < 4.78 is 0. The number of aromatic amines is 1. The first-order valence-corrected chi connectivity index (χ1v) is 6.26. The van der Waals surface area contributed by atoms with E-state index in [1.807, 2.05) is 12.1 Å². The number of pyridine rings is 1. The highest BCUT2D eigenvalue weighted by molar-refractivity contribution is 7.98. The maximum absolute atomic E-state index is 6.01. The summed E-state index contributed by atoms with van der Waals surface area (Å²) in [6.45, 7) is 0. The molecule has 3 N–H and O–H groups in total. The minimum absolute atomic E-state index is 0.0216. The van der Waals surface area contributed by atoms with Gasteiger partial charge in [0, 0.05) is 6.20 Å². The average Bonchev–Trinajstić information content (AvgIpc) is 2.69. The average molecular weight is 222 g/mol. The van der Waals surface area contributed by atoms with Gasteiger partial charge in [0.15, 0.2) is 5.65 Å². The fraction of sp³-hybridized carbons (Fsp3) is 0.400. The van der Waals surface area contributed by atoms with E-state index in [2.05, 4.69) is 21.2 Å². The lowest BCUT2D eigenvalue weighted by Gasteiger charge is -2.06. The molecule has 0 aliphatic heterocycles. The number of nitrogens with zero attached hydrogens (tertiary/aromatic N) is 2. The Morgan fingerprint density at radius 3 is 3.20 bits per heavy atom. The van der Waals surface area contributed by atoms with E-state index in [1.54, 1.807) is 18.0 Å². The lowest BCUT2D eigenvalue weighted by molar-refractivity contribution is 0.666. The molecule has 0 saturated carbocycles. The lowest BCUT2D eigenvalue weighted by atomic mass is 10.2. The highest BCUT2D eigenvalue weighted by Crippen LogP contribution is 2.16. The summed E-state index contributed by atoms with van der Waals surface area (Å²) >= 11 is 1.79. The maximum Gasteiger partial charge on any atom is 0.177 e. The summed E-state index contributed by atoms with van der Waals surface area (Å²) in [5.74, 6) is 1.88. The van der Waals surface area contributed by atoms with Crippen molar-refractivity contribution in [2.75, 3.05) is 12.0 Å². The van der Waals surface area contributed by atoms with Crippen molar-refractivity contribution in [2.45, 2.75) is 12.5 Å². The Hall–Kier alpha value is -1.07. The Bertz CT molecular complexity index is 407. The van der Waals surface area contributed by atoms with E-state index in [-0.39, 0.29) is 6.04 Å². The standard InChI is InChI=1S/C10H14N4S/c1-15-6-4-7(11)9-13-8-3-2-5-12-10(8)14-9/h2-3,5,7H,4,6,11H2,1H3,(H,12,13,14)/t7-/m1/s1. The summed E-state index contributed by atoms with van der Waals surface area (Å²) in [4.78, 5) is 11.7. The van der Waals surface area contributed by atoms with Gasteiger partial charge >= 0.3 is 0 Å². The Morgan fingerprint density at radius 1 is 1.60 bits per heavy atom. The second-order valence-corrected chi connectivity index (χ2v) is 4.37. The topological polar surface area (TPSA) is 67.6 Å². The van der Waals surface area contributed by atoms with E-state index in [0.29, 0.717) is 0 Å². The second-order valence-electron chi connectivity index (χ2n) is 3.38. The SMILES string of the molecule is CSCC[C@@H](N)c1nc2ncccc2[nH]1. The van der Waals surface area contributed by atoms with Crippen LogP contribution in [0.5, 0.6) is 0 Å². The normalized spacial score (nSPS) is 13.2. The van der Waals surface area contributed by atoms with Gasteiger partial charge in [-0.1, -0.05) is 0 Å². The van der Waals surface area contributed by atoms with Gasteiger partial charge < -0.3 is 10.7 Å².